The normalized spacial score (nSPS) is 20.4. The quantitative estimate of drug-likeness (QED) is 0.914. The van der Waals surface area contributed by atoms with E-state index in [1.807, 2.05) is 18.2 Å². The maximum atomic E-state index is 13.8. The Bertz CT molecular complexity index is 591. The molecule has 0 aliphatic carbocycles. The van der Waals surface area contributed by atoms with Gasteiger partial charge in [0.25, 0.3) is 0 Å². The van der Waals surface area contributed by atoms with Crippen LogP contribution in [0.4, 0.5) is 4.39 Å². The number of halogens is 1. The Balaban J connectivity index is 1.80. The first kappa shape index (κ1) is 13.5. The average molecular weight is 274 g/mol. The molecule has 0 bridgehead atoms. The van der Waals surface area contributed by atoms with E-state index in [1.54, 1.807) is 12.1 Å². The molecule has 1 heterocycles. The van der Waals surface area contributed by atoms with Gasteiger partial charge in [0, 0.05) is 12.0 Å². The standard InChI is InChI=1S/C17H19FO2/c18-16-9-8-15(13-5-1-2-6-14(13)16)17(19)10-7-12-4-3-11-20-12/h1-2,5-6,8-9,12,17,19H,3-4,7,10-11H2. The second-order valence-electron chi connectivity index (χ2n) is 5.41. The second kappa shape index (κ2) is 5.90. The fraction of sp³-hybridized carbons (Fsp3) is 0.412. The first-order valence-corrected chi connectivity index (χ1v) is 7.22. The zero-order valence-electron chi connectivity index (χ0n) is 11.4. The van der Waals surface area contributed by atoms with Gasteiger partial charge in [0.15, 0.2) is 0 Å². The van der Waals surface area contributed by atoms with Crippen LogP contribution < -0.4 is 0 Å². The van der Waals surface area contributed by atoms with Gasteiger partial charge in [-0.05, 0) is 42.7 Å². The Labute approximate surface area is 118 Å². The van der Waals surface area contributed by atoms with E-state index in [0.29, 0.717) is 11.8 Å². The SMILES string of the molecule is OC(CCC1CCCO1)c1ccc(F)c2ccccc12. The number of rotatable bonds is 4. The third kappa shape index (κ3) is 2.69. The van der Waals surface area contributed by atoms with Gasteiger partial charge in [-0.2, -0.15) is 0 Å². The lowest BCUT2D eigenvalue weighted by molar-refractivity contribution is 0.0815. The minimum Gasteiger partial charge on any atom is -0.388 e. The molecule has 106 valence electrons. The van der Waals surface area contributed by atoms with Crippen LogP contribution in [0.2, 0.25) is 0 Å². The van der Waals surface area contributed by atoms with Crippen molar-refractivity contribution in [3.8, 4) is 0 Å². The lowest BCUT2D eigenvalue weighted by atomic mass is 9.96. The topological polar surface area (TPSA) is 29.5 Å². The van der Waals surface area contributed by atoms with Gasteiger partial charge in [0.05, 0.1) is 12.2 Å². The number of benzene rings is 2. The van der Waals surface area contributed by atoms with Gasteiger partial charge in [0.2, 0.25) is 0 Å². The Morgan fingerprint density at radius 3 is 2.75 bits per heavy atom. The van der Waals surface area contributed by atoms with Crippen molar-refractivity contribution in [2.24, 2.45) is 0 Å². The van der Waals surface area contributed by atoms with E-state index in [2.05, 4.69) is 0 Å². The Hall–Kier alpha value is -1.45. The van der Waals surface area contributed by atoms with E-state index < -0.39 is 6.10 Å². The zero-order valence-corrected chi connectivity index (χ0v) is 11.4. The molecule has 1 aliphatic rings. The second-order valence-corrected chi connectivity index (χ2v) is 5.41. The van der Waals surface area contributed by atoms with Crippen LogP contribution in [0, 0.1) is 5.82 Å². The maximum Gasteiger partial charge on any atom is 0.131 e. The number of hydrogen-bond donors (Lipinski definition) is 1. The molecule has 1 N–H and O–H groups in total. The van der Waals surface area contributed by atoms with Crippen LogP contribution in [-0.4, -0.2) is 17.8 Å². The predicted octanol–water partition coefficient (Wildman–Crippen LogP) is 3.97. The molecule has 2 nitrogen and oxygen atoms in total. The lowest BCUT2D eigenvalue weighted by Gasteiger charge is -2.16. The number of hydrogen-bond acceptors (Lipinski definition) is 2. The van der Waals surface area contributed by atoms with Crippen molar-refractivity contribution in [1.29, 1.82) is 0 Å². The highest BCUT2D eigenvalue weighted by molar-refractivity contribution is 5.86. The molecular weight excluding hydrogens is 255 g/mol. The molecule has 0 radical (unpaired) electrons. The largest absolute Gasteiger partial charge is 0.388 e. The third-order valence-corrected chi connectivity index (χ3v) is 4.05. The fourth-order valence-electron chi connectivity index (χ4n) is 2.95. The van der Waals surface area contributed by atoms with Crippen LogP contribution in [0.25, 0.3) is 10.8 Å². The molecule has 1 saturated heterocycles. The molecule has 1 aliphatic heterocycles. The number of fused-ring (bicyclic) bond motifs is 1. The van der Waals surface area contributed by atoms with Crippen molar-refractivity contribution in [3.63, 3.8) is 0 Å². The molecule has 3 heteroatoms. The molecular formula is C17H19FO2. The molecule has 2 atom stereocenters. The summed E-state index contributed by atoms with van der Waals surface area (Å²) in [5.74, 6) is -0.240. The first-order chi connectivity index (χ1) is 9.75. The van der Waals surface area contributed by atoms with E-state index in [9.17, 15) is 9.50 Å². The van der Waals surface area contributed by atoms with Gasteiger partial charge in [-0.25, -0.2) is 4.39 Å². The summed E-state index contributed by atoms with van der Waals surface area (Å²) in [4.78, 5) is 0. The summed E-state index contributed by atoms with van der Waals surface area (Å²) >= 11 is 0. The van der Waals surface area contributed by atoms with E-state index in [0.717, 1.165) is 36.8 Å². The van der Waals surface area contributed by atoms with Crippen molar-refractivity contribution in [1.82, 2.24) is 0 Å². The highest BCUT2D eigenvalue weighted by Crippen LogP contribution is 2.30. The molecule has 0 spiro atoms. The van der Waals surface area contributed by atoms with Crippen molar-refractivity contribution in [2.75, 3.05) is 6.61 Å². The fourth-order valence-corrected chi connectivity index (χ4v) is 2.95. The summed E-state index contributed by atoms with van der Waals surface area (Å²) in [6, 6.07) is 10.4. The minimum absolute atomic E-state index is 0.240. The summed E-state index contributed by atoms with van der Waals surface area (Å²) < 4.78 is 19.3. The van der Waals surface area contributed by atoms with E-state index in [1.165, 1.54) is 6.07 Å². The molecule has 2 aromatic carbocycles. The predicted molar refractivity (Wildman–Crippen MR) is 77.1 cm³/mol. The zero-order chi connectivity index (χ0) is 13.9. The summed E-state index contributed by atoms with van der Waals surface area (Å²) in [5.41, 5.74) is 0.806. The van der Waals surface area contributed by atoms with Gasteiger partial charge in [-0.3, -0.25) is 0 Å². The molecule has 0 aromatic heterocycles. The molecule has 3 rings (SSSR count). The summed E-state index contributed by atoms with van der Waals surface area (Å²) in [5, 5.41) is 11.8. The van der Waals surface area contributed by atoms with E-state index in [4.69, 9.17) is 4.74 Å². The average Bonchev–Trinajstić information content (AvgIpc) is 2.99. The summed E-state index contributed by atoms with van der Waals surface area (Å²) in [6.07, 6.45) is 3.41. The molecule has 20 heavy (non-hydrogen) atoms. The van der Waals surface area contributed by atoms with Crippen molar-refractivity contribution < 1.29 is 14.2 Å². The highest BCUT2D eigenvalue weighted by Gasteiger charge is 2.19. The lowest BCUT2D eigenvalue weighted by Crippen LogP contribution is -2.08. The van der Waals surface area contributed by atoms with Crippen LogP contribution in [-0.2, 0) is 4.74 Å². The molecule has 1 fully saturated rings. The number of ether oxygens (including phenoxy) is 1. The van der Waals surface area contributed by atoms with Gasteiger partial charge < -0.3 is 9.84 Å². The van der Waals surface area contributed by atoms with Gasteiger partial charge in [0.1, 0.15) is 5.82 Å². The van der Waals surface area contributed by atoms with Crippen LogP contribution in [0.1, 0.15) is 37.4 Å². The Morgan fingerprint density at radius 1 is 1.20 bits per heavy atom. The highest BCUT2D eigenvalue weighted by atomic mass is 19.1. The van der Waals surface area contributed by atoms with Crippen molar-refractivity contribution >= 4 is 10.8 Å². The van der Waals surface area contributed by atoms with Crippen molar-refractivity contribution in [3.05, 3.63) is 47.8 Å². The van der Waals surface area contributed by atoms with Gasteiger partial charge in [-0.15, -0.1) is 0 Å². The minimum atomic E-state index is -0.565. The maximum absolute atomic E-state index is 13.8. The van der Waals surface area contributed by atoms with Crippen molar-refractivity contribution in [2.45, 2.75) is 37.9 Å². The number of aliphatic hydroxyl groups is 1. The Morgan fingerprint density at radius 2 is 2.00 bits per heavy atom. The number of aliphatic hydroxyl groups excluding tert-OH is 1. The molecule has 2 aromatic rings. The molecule has 0 amide bonds. The molecule has 0 saturated carbocycles. The smallest absolute Gasteiger partial charge is 0.131 e. The van der Waals surface area contributed by atoms with Crippen LogP contribution >= 0.6 is 0 Å². The van der Waals surface area contributed by atoms with Crippen LogP contribution in [0.5, 0.6) is 0 Å². The Kier molecular flexibility index (Phi) is 3.99. The van der Waals surface area contributed by atoms with Crippen LogP contribution in [0.15, 0.2) is 36.4 Å². The molecule has 2 unspecified atom stereocenters. The first-order valence-electron chi connectivity index (χ1n) is 7.22. The van der Waals surface area contributed by atoms with Crippen LogP contribution in [0.3, 0.4) is 0 Å². The van der Waals surface area contributed by atoms with E-state index >= 15 is 0 Å². The summed E-state index contributed by atoms with van der Waals surface area (Å²) in [7, 11) is 0. The summed E-state index contributed by atoms with van der Waals surface area (Å²) in [6.45, 7) is 0.834. The van der Waals surface area contributed by atoms with E-state index in [-0.39, 0.29) is 11.9 Å². The third-order valence-electron chi connectivity index (χ3n) is 4.05. The monoisotopic (exact) mass is 274 g/mol. The van der Waals surface area contributed by atoms with Gasteiger partial charge in [-0.1, -0.05) is 30.3 Å². The van der Waals surface area contributed by atoms with Gasteiger partial charge >= 0.3 is 0 Å².